The number of nitrogens with zero attached hydrogens (tertiary/aromatic N) is 3. The van der Waals surface area contributed by atoms with Crippen molar-refractivity contribution in [1.82, 2.24) is 14.9 Å². The molecule has 20 heavy (non-hydrogen) atoms. The van der Waals surface area contributed by atoms with Crippen LogP contribution in [-0.2, 0) is 0 Å². The van der Waals surface area contributed by atoms with E-state index in [2.05, 4.69) is 46.4 Å². The third kappa shape index (κ3) is 3.82. The molecule has 1 aliphatic heterocycles. The van der Waals surface area contributed by atoms with E-state index in [4.69, 9.17) is 0 Å². The van der Waals surface area contributed by atoms with Gasteiger partial charge >= 0.3 is 0 Å². The molecule has 0 aliphatic carbocycles. The van der Waals surface area contributed by atoms with Crippen LogP contribution in [0.25, 0.3) is 0 Å². The van der Waals surface area contributed by atoms with E-state index < -0.39 is 0 Å². The summed E-state index contributed by atoms with van der Waals surface area (Å²) in [4.78, 5) is 11.5. The Labute approximate surface area is 122 Å². The molecular formula is C15H27N5. The number of rotatable bonds is 5. The number of aromatic nitrogens is 2. The molecule has 1 fully saturated rings. The van der Waals surface area contributed by atoms with Crippen molar-refractivity contribution in [3.8, 4) is 0 Å². The van der Waals surface area contributed by atoms with Gasteiger partial charge in [-0.2, -0.15) is 0 Å². The van der Waals surface area contributed by atoms with Crippen molar-refractivity contribution in [1.29, 1.82) is 0 Å². The Morgan fingerprint density at radius 3 is 2.70 bits per heavy atom. The number of hydrogen-bond donors (Lipinski definition) is 2. The summed E-state index contributed by atoms with van der Waals surface area (Å²) in [7, 11) is 4.11. The van der Waals surface area contributed by atoms with Gasteiger partial charge in [-0.05, 0) is 26.4 Å². The highest BCUT2D eigenvalue weighted by atomic mass is 15.2. The van der Waals surface area contributed by atoms with Crippen LogP contribution < -0.4 is 10.6 Å². The highest BCUT2D eigenvalue weighted by Crippen LogP contribution is 2.19. The van der Waals surface area contributed by atoms with E-state index in [0.29, 0.717) is 12.0 Å². The summed E-state index contributed by atoms with van der Waals surface area (Å²) in [5.74, 6) is 3.02. The average molecular weight is 277 g/mol. The van der Waals surface area contributed by atoms with Crippen molar-refractivity contribution in [2.24, 2.45) is 0 Å². The first-order valence-corrected chi connectivity index (χ1v) is 7.61. The molecule has 1 aromatic rings. The van der Waals surface area contributed by atoms with Crippen molar-refractivity contribution in [2.45, 2.75) is 45.1 Å². The highest BCUT2D eigenvalue weighted by molar-refractivity contribution is 5.47. The molecule has 1 saturated heterocycles. The Morgan fingerprint density at radius 2 is 2.05 bits per heavy atom. The summed E-state index contributed by atoms with van der Waals surface area (Å²) >= 11 is 0. The quantitative estimate of drug-likeness (QED) is 0.866. The van der Waals surface area contributed by atoms with Crippen molar-refractivity contribution in [3.05, 3.63) is 11.9 Å². The van der Waals surface area contributed by atoms with E-state index in [0.717, 1.165) is 24.0 Å². The number of anilines is 2. The Balaban J connectivity index is 2.02. The van der Waals surface area contributed by atoms with E-state index in [-0.39, 0.29) is 0 Å². The molecule has 1 atom stereocenters. The average Bonchev–Trinajstić information content (AvgIpc) is 2.46. The van der Waals surface area contributed by atoms with Crippen molar-refractivity contribution >= 4 is 11.6 Å². The number of piperidine rings is 1. The number of likely N-dealkylation sites (N-methyl/N-ethyl adjacent to an activating group) is 1. The zero-order chi connectivity index (χ0) is 14.5. The molecular weight excluding hydrogens is 250 g/mol. The van der Waals surface area contributed by atoms with E-state index in [1.165, 1.54) is 25.8 Å². The summed E-state index contributed by atoms with van der Waals surface area (Å²) in [6.07, 6.45) is 3.92. The molecule has 1 aliphatic rings. The Morgan fingerprint density at radius 1 is 1.30 bits per heavy atom. The Kier molecular flexibility index (Phi) is 5.17. The van der Waals surface area contributed by atoms with Crippen molar-refractivity contribution in [2.75, 3.05) is 37.8 Å². The van der Waals surface area contributed by atoms with Gasteiger partial charge in [0.15, 0.2) is 0 Å². The van der Waals surface area contributed by atoms with Crippen LogP contribution in [0.15, 0.2) is 6.07 Å². The minimum atomic E-state index is 0.334. The standard InChI is InChI=1S/C15H27N5/c1-11(2)15-18-13(16-3)9-14(19-15)17-10-12-7-5-6-8-20(12)4/h9,11-12H,5-8,10H2,1-4H3,(H2,16,17,18,19). The topological polar surface area (TPSA) is 53.1 Å². The molecule has 0 spiro atoms. The van der Waals surface area contributed by atoms with Crippen LogP contribution in [0.4, 0.5) is 11.6 Å². The first kappa shape index (κ1) is 15.0. The predicted octanol–water partition coefficient (Wildman–Crippen LogP) is 2.54. The fraction of sp³-hybridized carbons (Fsp3) is 0.733. The van der Waals surface area contributed by atoms with Crippen molar-refractivity contribution in [3.63, 3.8) is 0 Å². The number of nitrogens with one attached hydrogen (secondary N) is 2. The second-order valence-electron chi connectivity index (χ2n) is 5.91. The zero-order valence-corrected chi connectivity index (χ0v) is 13.1. The minimum Gasteiger partial charge on any atom is -0.373 e. The normalized spacial score (nSPS) is 20.1. The predicted molar refractivity (Wildman–Crippen MR) is 84.4 cm³/mol. The maximum absolute atomic E-state index is 4.61. The van der Waals surface area contributed by atoms with Gasteiger partial charge in [0.25, 0.3) is 0 Å². The first-order chi connectivity index (χ1) is 9.60. The lowest BCUT2D eigenvalue weighted by Gasteiger charge is -2.32. The lowest BCUT2D eigenvalue weighted by molar-refractivity contribution is 0.194. The minimum absolute atomic E-state index is 0.334. The van der Waals surface area contributed by atoms with Gasteiger partial charge in [-0.15, -0.1) is 0 Å². The van der Waals surface area contributed by atoms with Crippen LogP contribution in [-0.4, -0.2) is 48.1 Å². The number of likely N-dealkylation sites (tertiary alicyclic amines) is 1. The lowest BCUT2D eigenvalue weighted by Crippen LogP contribution is -2.40. The smallest absolute Gasteiger partial charge is 0.135 e. The zero-order valence-electron chi connectivity index (χ0n) is 13.1. The van der Waals surface area contributed by atoms with E-state index in [9.17, 15) is 0 Å². The van der Waals surface area contributed by atoms with Gasteiger partial charge in [-0.3, -0.25) is 0 Å². The highest BCUT2D eigenvalue weighted by Gasteiger charge is 2.18. The molecule has 2 heterocycles. The summed E-state index contributed by atoms with van der Waals surface area (Å²) in [5.41, 5.74) is 0. The number of hydrogen-bond acceptors (Lipinski definition) is 5. The lowest BCUT2D eigenvalue weighted by atomic mass is 10.0. The summed E-state index contributed by atoms with van der Waals surface area (Å²) in [6.45, 7) is 6.39. The molecule has 0 radical (unpaired) electrons. The van der Waals surface area contributed by atoms with Gasteiger partial charge in [-0.25, -0.2) is 9.97 Å². The Bertz CT molecular complexity index is 432. The van der Waals surface area contributed by atoms with E-state index in [1.807, 2.05) is 13.1 Å². The molecule has 2 N–H and O–H groups in total. The molecule has 5 nitrogen and oxygen atoms in total. The van der Waals surface area contributed by atoms with Crippen LogP contribution >= 0.6 is 0 Å². The molecule has 1 unspecified atom stereocenters. The van der Waals surface area contributed by atoms with Gasteiger partial charge in [-0.1, -0.05) is 20.3 Å². The fourth-order valence-corrected chi connectivity index (χ4v) is 2.57. The SMILES string of the molecule is CNc1cc(NCC2CCCCN2C)nc(C(C)C)n1. The van der Waals surface area contributed by atoms with E-state index in [1.54, 1.807) is 0 Å². The van der Waals surface area contributed by atoms with Crippen LogP contribution in [0.3, 0.4) is 0 Å². The second-order valence-corrected chi connectivity index (χ2v) is 5.91. The molecule has 0 amide bonds. The summed E-state index contributed by atoms with van der Waals surface area (Å²) in [5, 5.41) is 6.59. The molecule has 112 valence electrons. The molecule has 5 heteroatoms. The van der Waals surface area contributed by atoms with Crippen LogP contribution in [0, 0.1) is 0 Å². The maximum Gasteiger partial charge on any atom is 0.135 e. The monoisotopic (exact) mass is 277 g/mol. The summed E-state index contributed by atoms with van der Waals surface area (Å²) in [6, 6.07) is 2.59. The maximum atomic E-state index is 4.61. The summed E-state index contributed by atoms with van der Waals surface area (Å²) < 4.78 is 0. The third-order valence-corrected chi connectivity index (χ3v) is 3.96. The van der Waals surface area contributed by atoms with Crippen LogP contribution in [0.2, 0.25) is 0 Å². The van der Waals surface area contributed by atoms with Crippen LogP contribution in [0.1, 0.15) is 44.9 Å². The Hall–Kier alpha value is -1.36. The van der Waals surface area contributed by atoms with Crippen LogP contribution in [0.5, 0.6) is 0 Å². The molecule has 0 saturated carbocycles. The first-order valence-electron chi connectivity index (χ1n) is 7.61. The fourth-order valence-electron chi connectivity index (χ4n) is 2.57. The van der Waals surface area contributed by atoms with Crippen molar-refractivity contribution < 1.29 is 0 Å². The third-order valence-electron chi connectivity index (χ3n) is 3.96. The van der Waals surface area contributed by atoms with Gasteiger partial charge in [0.1, 0.15) is 17.5 Å². The van der Waals surface area contributed by atoms with Gasteiger partial charge < -0.3 is 15.5 Å². The largest absolute Gasteiger partial charge is 0.373 e. The molecule has 1 aromatic heterocycles. The van der Waals surface area contributed by atoms with Gasteiger partial charge in [0.2, 0.25) is 0 Å². The molecule has 2 rings (SSSR count). The second kappa shape index (κ2) is 6.88. The van der Waals surface area contributed by atoms with Gasteiger partial charge in [0.05, 0.1) is 0 Å². The molecule has 0 bridgehead atoms. The van der Waals surface area contributed by atoms with E-state index >= 15 is 0 Å². The van der Waals surface area contributed by atoms with Gasteiger partial charge in [0, 0.05) is 31.6 Å². The molecule has 0 aromatic carbocycles.